The molecule has 0 aliphatic carbocycles. The van der Waals surface area contributed by atoms with Crippen molar-refractivity contribution in [3.05, 3.63) is 200 Å². The number of H-pyrrole nitrogens is 2. The van der Waals surface area contributed by atoms with Crippen LogP contribution in [-0.2, 0) is 40.5 Å². The first-order valence-corrected chi connectivity index (χ1v) is 22.3. The smallest absolute Gasteiger partial charge is 0.310 e. The number of amides is 1. The average molecular weight is 881 g/mol. The molecule has 3 aliphatic heterocycles. The number of benzene rings is 6. The minimum atomic E-state index is -0.861. The van der Waals surface area contributed by atoms with E-state index in [2.05, 4.69) is 62.1 Å². The molecule has 1 saturated heterocycles. The van der Waals surface area contributed by atoms with Crippen molar-refractivity contribution in [1.29, 1.82) is 0 Å². The Morgan fingerprint density at radius 2 is 0.939 bits per heavy atom. The quantitative estimate of drug-likeness (QED) is 0.127. The van der Waals surface area contributed by atoms with Crippen LogP contribution in [0.3, 0.4) is 0 Å². The zero-order chi connectivity index (χ0) is 46.0. The number of carbonyl (C=O) groups is 2. The number of hydrogen-bond acceptors (Lipinski definition) is 8. The monoisotopic (exact) mass is 880 g/mol. The summed E-state index contributed by atoms with van der Waals surface area (Å²) in [4.78, 5) is 49.8. The van der Waals surface area contributed by atoms with Crippen molar-refractivity contribution in [2.24, 2.45) is 0 Å². The van der Waals surface area contributed by atoms with E-state index in [1.165, 1.54) is 35.1 Å². The number of rotatable bonds is 6. The molecule has 4 N–H and O–H groups in total. The van der Waals surface area contributed by atoms with Crippen molar-refractivity contribution in [3.63, 3.8) is 0 Å². The Hall–Kier alpha value is -7.54. The van der Waals surface area contributed by atoms with Crippen LogP contribution in [0.4, 0.5) is 0 Å². The summed E-state index contributed by atoms with van der Waals surface area (Å²) in [6.07, 6.45) is 2.56. The molecule has 0 bridgehead atoms. The van der Waals surface area contributed by atoms with Crippen LogP contribution in [0.15, 0.2) is 155 Å². The highest BCUT2D eigenvalue weighted by Gasteiger charge is 2.27. The Balaban J connectivity index is 0.000000142. The lowest BCUT2D eigenvalue weighted by Crippen LogP contribution is -2.29. The third kappa shape index (κ3) is 10.4. The predicted octanol–water partition coefficient (Wildman–Crippen LogP) is 9.10. The summed E-state index contributed by atoms with van der Waals surface area (Å²) in [6.45, 7) is 9.04. The van der Waals surface area contributed by atoms with E-state index in [1.54, 1.807) is 37.3 Å². The second-order valence-electron chi connectivity index (χ2n) is 16.6. The molecule has 2 atom stereocenters. The Bertz CT molecular complexity index is 3030. The van der Waals surface area contributed by atoms with Gasteiger partial charge in [-0.25, -0.2) is 10.2 Å². The Kier molecular flexibility index (Phi) is 14.3. The van der Waals surface area contributed by atoms with Gasteiger partial charge in [0.15, 0.2) is 0 Å². The molecule has 2 aromatic heterocycles. The first kappa shape index (κ1) is 45.0. The number of fused-ring (bicyclic) bond motifs is 4. The van der Waals surface area contributed by atoms with Crippen LogP contribution in [0.5, 0.6) is 0 Å². The second kappa shape index (κ2) is 21.0. The second-order valence-corrected chi connectivity index (χ2v) is 16.6. The molecule has 1 fully saturated rings. The molecule has 0 radical (unpaired) electrons. The summed E-state index contributed by atoms with van der Waals surface area (Å²) in [7, 11) is 0. The lowest BCUT2D eigenvalue weighted by atomic mass is 9.97. The molecule has 1 amide bonds. The minimum Gasteiger partial charge on any atom is -0.481 e. The molecule has 11 rings (SSSR count). The van der Waals surface area contributed by atoms with Gasteiger partial charge in [0, 0.05) is 61.3 Å². The lowest BCUT2D eigenvalue weighted by Gasteiger charge is -2.21. The number of ether oxygens (including phenoxy) is 1. The standard InChI is InChI=1S/C25H21N3O2.C17H14N2O3.C8H9N.C4H8O/c1-16(25(30)28-14-19-6-2-3-7-20(19)15-28)17-10-12-18(13-11-17)23-21-8-4-5-9-22(21)24(29)27-26-23;1-10(17(21)22)11-6-8-12(9-7-11)15-13-4-2-3-5-14(13)16(20)19-18-15;1-2-4-8-6-9-5-7(8)3-1;1-2-4-5-3-1/h2-13,16H,14-15H2,1H3,(H,27,29);2-10H,1H3,(H,19,20)(H,21,22);1-4,9H,5-6H2;1-4H2. The Morgan fingerprint density at radius 3 is 1.35 bits per heavy atom. The summed E-state index contributed by atoms with van der Waals surface area (Å²) in [5.41, 5.74) is 9.76. The number of hydrogen-bond donors (Lipinski definition) is 4. The van der Waals surface area contributed by atoms with E-state index in [0.717, 1.165) is 65.0 Å². The molecular formula is C54H52N6O6. The van der Waals surface area contributed by atoms with Gasteiger partial charge in [0.1, 0.15) is 0 Å². The fraction of sp³-hybridized carbons (Fsp3) is 0.222. The first-order chi connectivity index (χ1) is 32.2. The number of carboxylic acid groups (broad SMARTS) is 1. The number of nitrogens with zero attached hydrogens (tertiary/aromatic N) is 3. The molecule has 334 valence electrons. The van der Waals surface area contributed by atoms with Gasteiger partial charge in [-0.1, -0.05) is 133 Å². The van der Waals surface area contributed by atoms with Crippen LogP contribution in [-0.4, -0.2) is 55.5 Å². The van der Waals surface area contributed by atoms with E-state index in [4.69, 9.17) is 9.84 Å². The van der Waals surface area contributed by atoms with Crippen molar-refractivity contribution in [2.75, 3.05) is 13.2 Å². The largest absolute Gasteiger partial charge is 0.481 e. The normalized spacial score (nSPS) is 14.4. The van der Waals surface area contributed by atoms with Crippen molar-refractivity contribution in [2.45, 2.75) is 64.7 Å². The molecule has 6 aromatic carbocycles. The minimum absolute atomic E-state index is 0.131. The number of aromatic amines is 2. The molecular weight excluding hydrogens is 829 g/mol. The topological polar surface area (TPSA) is 170 Å². The number of carbonyl (C=O) groups excluding carboxylic acids is 1. The van der Waals surface area contributed by atoms with Crippen molar-refractivity contribution in [1.82, 2.24) is 30.6 Å². The molecule has 12 heteroatoms. The first-order valence-electron chi connectivity index (χ1n) is 22.3. The van der Waals surface area contributed by atoms with Crippen molar-refractivity contribution < 1.29 is 19.4 Å². The fourth-order valence-corrected chi connectivity index (χ4v) is 8.32. The van der Waals surface area contributed by atoms with Gasteiger partial charge >= 0.3 is 5.97 Å². The molecule has 0 saturated carbocycles. The molecule has 3 aliphatic rings. The van der Waals surface area contributed by atoms with E-state index in [0.29, 0.717) is 29.6 Å². The summed E-state index contributed by atoms with van der Waals surface area (Å²) < 4.78 is 4.94. The number of carboxylic acids is 1. The van der Waals surface area contributed by atoms with E-state index >= 15 is 0 Å². The molecule has 5 heterocycles. The molecule has 0 spiro atoms. The number of aliphatic carboxylic acids is 1. The average Bonchev–Trinajstić information content (AvgIpc) is 4.19. The molecule has 66 heavy (non-hydrogen) atoms. The third-order valence-corrected chi connectivity index (χ3v) is 12.2. The highest BCUT2D eigenvalue weighted by molar-refractivity contribution is 5.95. The van der Waals surface area contributed by atoms with Gasteiger partial charge in [-0.3, -0.25) is 19.2 Å². The van der Waals surface area contributed by atoms with Crippen LogP contribution >= 0.6 is 0 Å². The summed E-state index contributed by atoms with van der Waals surface area (Å²) >= 11 is 0. The summed E-state index contributed by atoms with van der Waals surface area (Å²) in [5, 5.41) is 28.6. The predicted molar refractivity (Wildman–Crippen MR) is 258 cm³/mol. The van der Waals surface area contributed by atoms with Gasteiger partial charge in [-0.2, -0.15) is 10.2 Å². The highest BCUT2D eigenvalue weighted by atomic mass is 16.5. The summed E-state index contributed by atoms with van der Waals surface area (Å²) in [5.74, 6) is -1.52. The van der Waals surface area contributed by atoms with E-state index in [-0.39, 0.29) is 22.9 Å². The van der Waals surface area contributed by atoms with Gasteiger partial charge in [-0.05, 0) is 72.2 Å². The number of nitrogens with one attached hydrogen (secondary N) is 3. The van der Waals surface area contributed by atoms with Crippen LogP contribution in [0.1, 0.15) is 71.9 Å². The maximum Gasteiger partial charge on any atom is 0.310 e. The van der Waals surface area contributed by atoms with Crippen LogP contribution in [0, 0.1) is 0 Å². The maximum absolute atomic E-state index is 13.1. The van der Waals surface area contributed by atoms with Gasteiger partial charge in [0.05, 0.1) is 34.0 Å². The SMILES string of the molecule is C1CCOC1.CC(C(=O)N1Cc2ccccc2C1)c1ccc(-c2n[nH]c(=O)c3ccccc23)cc1.CC(C(=O)O)c1ccc(-c2n[nH]c(=O)c3ccccc23)cc1.c1ccc2c(c1)CNC2. The number of aromatic nitrogens is 4. The maximum atomic E-state index is 13.1. The van der Waals surface area contributed by atoms with Gasteiger partial charge in [0.2, 0.25) is 5.91 Å². The van der Waals surface area contributed by atoms with Gasteiger partial charge in [0.25, 0.3) is 11.1 Å². The van der Waals surface area contributed by atoms with Crippen LogP contribution in [0.2, 0.25) is 0 Å². The Morgan fingerprint density at radius 1 is 0.545 bits per heavy atom. The van der Waals surface area contributed by atoms with Crippen LogP contribution < -0.4 is 16.4 Å². The van der Waals surface area contributed by atoms with Gasteiger partial charge in [-0.15, -0.1) is 0 Å². The van der Waals surface area contributed by atoms with E-state index in [1.807, 2.05) is 90.7 Å². The van der Waals surface area contributed by atoms with Gasteiger partial charge < -0.3 is 20.1 Å². The van der Waals surface area contributed by atoms with Crippen LogP contribution in [0.25, 0.3) is 44.1 Å². The van der Waals surface area contributed by atoms with E-state index in [9.17, 15) is 19.2 Å². The summed E-state index contributed by atoms with van der Waals surface area (Å²) in [6, 6.07) is 46.5. The lowest BCUT2D eigenvalue weighted by molar-refractivity contribution is -0.138. The third-order valence-electron chi connectivity index (χ3n) is 12.2. The van der Waals surface area contributed by atoms with E-state index < -0.39 is 11.9 Å². The zero-order valence-corrected chi connectivity index (χ0v) is 37.0. The molecule has 2 unspecified atom stereocenters. The molecule has 8 aromatic rings. The Labute approximate surface area is 382 Å². The highest BCUT2D eigenvalue weighted by Crippen LogP contribution is 2.30. The van der Waals surface area contributed by atoms with Crippen molar-refractivity contribution >= 4 is 33.4 Å². The molecule has 12 nitrogen and oxygen atoms in total. The van der Waals surface area contributed by atoms with Crippen molar-refractivity contribution in [3.8, 4) is 22.5 Å². The zero-order valence-electron chi connectivity index (χ0n) is 37.0. The fourth-order valence-electron chi connectivity index (χ4n) is 8.32.